The first-order valence-corrected chi connectivity index (χ1v) is 6.34. The van der Waals surface area contributed by atoms with Gasteiger partial charge in [-0.3, -0.25) is 14.9 Å². The van der Waals surface area contributed by atoms with Gasteiger partial charge in [-0.1, -0.05) is 25.4 Å². The van der Waals surface area contributed by atoms with Crippen LogP contribution in [0.2, 0.25) is 5.15 Å². The first-order chi connectivity index (χ1) is 9.36. The van der Waals surface area contributed by atoms with Crippen molar-refractivity contribution >= 4 is 23.2 Å². The molecule has 0 bridgehead atoms. The third kappa shape index (κ3) is 4.14. The van der Waals surface area contributed by atoms with E-state index in [2.05, 4.69) is 10.3 Å². The summed E-state index contributed by atoms with van der Waals surface area (Å²) in [5.74, 6) is -0.369. The van der Waals surface area contributed by atoms with Crippen molar-refractivity contribution in [2.75, 3.05) is 13.7 Å². The van der Waals surface area contributed by atoms with Crippen molar-refractivity contribution in [3.05, 3.63) is 33.1 Å². The minimum Gasteiger partial charge on any atom is -0.383 e. The molecular weight excluding hydrogens is 286 g/mol. The van der Waals surface area contributed by atoms with Gasteiger partial charge in [0.25, 0.3) is 11.6 Å². The van der Waals surface area contributed by atoms with Crippen molar-refractivity contribution in [3.8, 4) is 0 Å². The van der Waals surface area contributed by atoms with E-state index in [0.717, 1.165) is 12.3 Å². The quantitative estimate of drug-likeness (QED) is 0.493. The molecule has 1 aromatic rings. The zero-order valence-corrected chi connectivity index (χ0v) is 12.2. The number of hydrogen-bond donors (Lipinski definition) is 1. The molecule has 1 heterocycles. The maximum atomic E-state index is 12.1. The van der Waals surface area contributed by atoms with Crippen LogP contribution in [0.25, 0.3) is 0 Å². The molecule has 1 amide bonds. The lowest BCUT2D eigenvalue weighted by Gasteiger charge is -2.21. The fourth-order valence-corrected chi connectivity index (χ4v) is 1.71. The summed E-state index contributed by atoms with van der Waals surface area (Å²) in [5.41, 5.74) is -0.310. The first-order valence-electron chi connectivity index (χ1n) is 5.96. The standard InChI is InChI=1S/C12H16ClN3O4/c1-7(2)10(6-20-3)15-12(17)9-4-8(16(18)19)5-14-11(9)13/h4-5,7,10H,6H2,1-3H3,(H,15,17). The molecule has 110 valence electrons. The Hall–Kier alpha value is -1.73. The van der Waals surface area contributed by atoms with Gasteiger partial charge in [-0.2, -0.15) is 0 Å². The lowest BCUT2D eigenvalue weighted by Crippen LogP contribution is -2.41. The minimum atomic E-state index is -0.630. The van der Waals surface area contributed by atoms with Gasteiger partial charge in [0.2, 0.25) is 0 Å². The number of aromatic nitrogens is 1. The number of amides is 1. The van der Waals surface area contributed by atoms with Crippen LogP contribution in [0.3, 0.4) is 0 Å². The van der Waals surface area contributed by atoms with Gasteiger partial charge in [0.1, 0.15) is 11.3 Å². The highest BCUT2D eigenvalue weighted by atomic mass is 35.5. The van der Waals surface area contributed by atoms with Gasteiger partial charge in [-0.15, -0.1) is 0 Å². The molecule has 0 aliphatic heterocycles. The monoisotopic (exact) mass is 301 g/mol. The second-order valence-electron chi connectivity index (χ2n) is 4.57. The molecule has 1 N–H and O–H groups in total. The van der Waals surface area contributed by atoms with Crippen LogP contribution < -0.4 is 5.32 Å². The van der Waals surface area contributed by atoms with Crippen LogP contribution in [0.15, 0.2) is 12.3 Å². The van der Waals surface area contributed by atoms with Crippen molar-refractivity contribution in [2.45, 2.75) is 19.9 Å². The molecule has 0 saturated heterocycles. The molecule has 20 heavy (non-hydrogen) atoms. The van der Waals surface area contributed by atoms with Crippen molar-refractivity contribution in [1.29, 1.82) is 0 Å². The van der Waals surface area contributed by atoms with Crippen LogP contribution in [0.1, 0.15) is 24.2 Å². The summed E-state index contributed by atoms with van der Waals surface area (Å²) in [6.07, 6.45) is 1.01. The Labute approximate surface area is 121 Å². The van der Waals surface area contributed by atoms with Gasteiger partial charge >= 0.3 is 0 Å². The SMILES string of the molecule is COCC(NC(=O)c1cc([N+](=O)[O-])cnc1Cl)C(C)C. The molecule has 1 rings (SSSR count). The Kier molecular flexibility index (Phi) is 5.84. The molecule has 0 fully saturated rings. The average molecular weight is 302 g/mol. The molecule has 8 heteroatoms. The average Bonchev–Trinajstić information content (AvgIpc) is 2.38. The van der Waals surface area contributed by atoms with E-state index in [1.165, 1.54) is 7.11 Å². The number of carbonyl (C=O) groups is 1. The molecule has 1 aromatic heterocycles. The number of methoxy groups -OCH3 is 1. The number of nitro groups is 1. The Balaban J connectivity index is 2.96. The number of nitrogens with one attached hydrogen (secondary N) is 1. The molecule has 0 spiro atoms. The van der Waals surface area contributed by atoms with Gasteiger partial charge in [-0.05, 0) is 5.92 Å². The van der Waals surface area contributed by atoms with Crippen LogP contribution in [0.4, 0.5) is 5.69 Å². The van der Waals surface area contributed by atoms with Crippen molar-refractivity contribution in [3.63, 3.8) is 0 Å². The molecule has 7 nitrogen and oxygen atoms in total. The number of nitrogens with zero attached hydrogens (tertiary/aromatic N) is 2. The second-order valence-corrected chi connectivity index (χ2v) is 4.93. The third-order valence-corrected chi connectivity index (χ3v) is 3.05. The molecule has 0 aliphatic carbocycles. The topological polar surface area (TPSA) is 94.4 Å². The van der Waals surface area contributed by atoms with E-state index in [4.69, 9.17) is 16.3 Å². The molecule has 0 aliphatic rings. The maximum absolute atomic E-state index is 12.1. The predicted octanol–water partition coefficient (Wildman–Crippen LogP) is 2.04. The van der Waals surface area contributed by atoms with Gasteiger partial charge in [0.05, 0.1) is 23.1 Å². The summed E-state index contributed by atoms with van der Waals surface area (Å²) in [6.45, 7) is 4.19. The van der Waals surface area contributed by atoms with Crippen LogP contribution in [0, 0.1) is 16.0 Å². The van der Waals surface area contributed by atoms with Crippen molar-refractivity contribution in [2.24, 2.45) is 5.92 Å². The zero-order valence-electron chi connectivity index (χ0n) is 11.4. The molecule has 1 unspecified atom stereocenters. The number of hydrogen-bond acceptors (Lipinski definition) is 5. The number of halogens is 1. The highest BCUT2D eigenvalue weighted by Gasteiger charge is 2.21. The summed E-state index contributed by atoms with van der Waals surface area (Å²) in [5, 5.41) is 13.3. The third-order valence-electron chi connectivity index (χ3n) is 2.75. The van der Waals surface area contributed by atoms with Crippen LogP contribution >= 0.6 is 11.6 Å². The summed E-state index contributed by atoms with van der Waals surface area (Å²) < 4.78 is 5.02. The van der Waals surface area contributed by atoms with Crippen LogP contribution in [-0.2, 0) is 4.74 Å². The molecule has 0 aromatic carbocycles. The number of rotatable bonds is 6. The highest BCUT2D eigenvalue weighted by Crippen LogP contribution is 2.19. The van der Waals surface area contributed by atoms with Gasteiger partial charge in [0, 0.05) is 13.2 Å². The summed E-state index contributed by atoms with van der Waals surface area (Å²) >= 11 is 5.81. The fraction of sp³-hybridized carbons (Fsp3) is 0.500. The predicted molar refractivity (Wildman–Crippen MR) is 73.9 cm³/mol. The maximum Gasteiger partial charge on any atom is 0.288 e. The Morgan fingerprint density at radius 2 is 2.25 bits per heavy atom. The van der Waals surface area contributed by atoms with E-state index in [0.29, 0.717) is 6.61 Å². The first kappa shape index (κ1) is 16.3. The summed E-state index contributed by atoms with van der Waals surface area (Å²) in [4.78, 5) is 25.8. The number of ether oxygens (including phenoxy) is 1. The van der Waals surface area contributed by atoms with E-state index in [9.17, 15) is 14.9 Å². The number of carbonyl (C=O) groups excluding carboxylic acids is 1. The molecule has 0 saturated carbocycles. The van der Waals surface area contributed by atoms with Crippen LogP contribution in [-0.4, -0.2) is 35.6 Å². The highest BCUT2D eigenvalue weighted by molar-refractivity contribution is 6.32. The molecule has 0 radical (unpaired) electrons. The lowest BCUT2D eigenvalue weighted by atomic mass is 10.0. The van der Waals surface area contributed by atoms with Crippen LogP contribution in [0.5, 0.6) is 0 Å². The Morgan fingerprint density at radius 1 is 1.60 bits per heavy atom. The summed E-state index contributed by atoms with van der Waals surface area (Å²) in [6, 6.07) is 0.886. The minimum absolute atomic E-state index is 0.0254. The fourth-order valence-electron chi connectivity index (χ4n) is 1.52. The zero-order chi connectivity index (χ0) is 15.3. The second kappa shape index (κ2) is 7.16. The van der Waals surface area contributed by atoms with Gasteiger partial charge in [0.15, 0.2) is 0 Å². The van der Waals surface area contributed by atoms with E-state index in [1.807, 2.05) is 13.8 Å². The van der Waals surface area contributed by atoms with Crippen molar-refractivity contribution < 1.29 is 14.5 Å². The van der Waals surface area contributed by atoms with E-state index in [-0.39, 0.29) is 28.4 Å². The molecular formula is C12H16ClN3O4. The van der Waals surface area contributed by atoms with Crippen molar-refractivity contribution in [1.82, 2.24) is 10.3 Å². The molecule has 1 atom stereocenters. The normalized spacial score (nSPS) is 12.2. The Morgan fingerprint density at radius 3 is 2.75 bits per heavy atom. The Bertz CT molecular complexity index is 507. The summed E-state index contributed by atoms with van der Waals surface area (Å²) in [7, 11) is 1.53. The lowest BCUT2D eigenvalue weighted by molar-refractivity contribution is -0.385. The van der Waals surface area contributed by atoms with Gasteiger partial charge < -0.3 is 10.1 Å². The van der Waals surface area contributed by atoms with E-state index in [1.54, 1.807) is 0 Å². The van der Waals surface area contributed by atoms with E-state index < -0.39 is 10.8 Å². The van der Waals surface area contributed by atoms with Gasteiger partial charge in [-0.25, -0.2) is 4.98 Å². The smallest absolute Gasteiger partial charge is 0.288 e. The van der Waals surface area contributed by atoms with E-state index >= 15 is 0 Å². The largest absolute Gasteiger partial charge is 0.383 e. The number of pyridine rings is 1.